The molecule has 1 saturated heterocycles. The molecule has 0 aromatic carbocycles. The van der Waals surface area contributed by atoms with Gasteiger partial charge in [0.15, 0.2) is 0 Å². The van der Waals surface area contributed by atoms with Crippen LogP contribution in [0.5, 0.6) is 0 Å². The number of fused-ring (bicyclic) bond motifs is 3. The van der Waals surface area contributed by atoms with Crippen LogP contribution in [-0.2, 0) is 28.6 Å². The highest BCUT2D eigenvalue weighted by atomic mass is 19.4. The summed E-state index contributed by atoms with van der Waals surface area (Å²) in [5, 5.41) is 9.10. The summed E-state index contributed by atoms with van der Waals surface area (Å²) in [6, 6.07) is 0. The predicted octanol–water partition coefficient (Wildman–Crippen LogP) is 7.49. The highest BCUT2D eigenvalue weighted by Crippen LogP contribution is 2.56. The lowest BCUT2D eigenvalue weighted by molar-refractivity contribution is -0.373. The van der Waals surface area contributed by atoms with Crippen LogP contribution in [0.2, 0.25) is 0 Å². The Labute approximate surface area is 277 Å². The van der Waals surface area contributed by atoms with Gasteiger partial charge in [-0.15, -0.1) is 0 Å². The molecule has 5 aliphatic rings. The molecular weight excluding hydrogens is 712 g/mol. The van der Waals surface area contributed by atoms with Crippen molar-refractivity contribution in [1.82, 2.24) is 0 Å². The molecule has 3 saturated carbocycles. The van der Waals surface area contributed by atoms with E-state index in [1.807, 2.05) is 6.08 Å². The third-order valence-electron chi connectivity index (χ3n) is 9.14. The minimum absolute atomic E-state index is 0.0190. The zero-order chi connectivity index (χ0) is 38.6. The van der Waals surface area contributed by atoms with Crippen LogP contribution in [0.3, 0.4) is 0 Å². The number of carbonyl (C=O) groups excluding carboxylic acids is 3. The molecule has 1 N–H and O–H groups in total. The summed E-state index contributed by atoms with van der Waals surface area (Å²) in [5.74, 6) is -4.48. The zero-order valence-corrected chi connectivity index (χ0v) is 26.7. The van der Waals surface area contributed by atoms with Gasteiger partial charge in [0.05, 0.1) is 5.92 Å². The van der Waals surface area contributed by atoms with Gasteiger partial charge in [-0.1, -0.05) is 25.3 Å². The Balaban J connectivity index is 0.000000207. The number of halogens is 12. The van der Waals surface area contributed by atoms with Gasteiger partial charge >= 0.3 is 42.6 Å². The van der Waals surface area contributed by atoms with Crippen molar-refractivity contribution in [1.29, 1.82) is 0 Å². The molecule has 19 heteroatoms. The molecule has 0 radical (unpaired) electrons. The van der Waals surface area contributed by atoms with E-state index in [0.29, 0.717) is 19.3 Å². The first kappa shape index (κ1) is 41.2. The number of esters is 3. The number of carbonyl (C=O) groups is 3. The lowest BCUT2D eigenvalue weighted by Crippen LogP contribution is -2.58. The Morgan fingerprint density at radius 2 is 1.34 bits per heavy atom. The van der Waals surface area contributed by atoms with Crippen molar-refractivity contribution < 1.29 is 86.4 Å². The summed E-state index contributed by atoms with van der Waals surface area (Å²) in [6.07, 6.45) is -18.0. The molecule has 0 aromatic heterocycles. The molecule has 1 aliphatic heterocycles. The second kappa shape index (κ2) is 13.7. The topological polar surface area (TPSA) is 99.1 Å². The number of ether oxygens (including phenoxy) is 3. The molecule has 7 nitrogen and oxygen atoms in total. The molecule has 0 spiro atoms. The van der Waals surface area contributed by atoms with E-state index >= 15 is 0 Å². The monoisotopic (exact) mass is 746 g/mol. The van der Waals surface area contributed by atoms with Crippen molar-refractivity contribution in [3.63, 3.8) is 0 Å². The highest BCUT2D eigenvalue weighted by Gasteiger charge is 2.71. The van der Waals surface area contributed by atoms with E-state index in [2.05, 4.69) is 17.9 Å². The quantitative estimate of drug-likeness (QED) is 0.102. The van der Waals surface area contributed by atoms with Gasteiger partial charge in [-0.2, -0.15) is 52.7 Å². The lowest BCUT2D eigenvalue weighted by atomic mass is 9.82. The van der Waals surface area contributed by atoms with E-state index in [1.54, 1.807) is 6.08 Å². The summed E-state index contributed by atoms with van der Waals surface area (Å²) in [5.41, 5.74) is -8.55. The molecule has 4 aliphatic carbocycles. The van der Waals surface area contributed by atoms with Crippen molar-refractivity contribution in [2.45, 2.75) is 101 Å². The van der Waals surface area contributed by atoms with E-state index in [0.717, 1.165) is 0 Å². The molecule has 8 unspecified atom stereocenters. The Morgan fingerprint density at radius 3 is 1.76 bits per heavy atom. The van der Waals surface area contributed by atoms with E-state index in [9.17, 15) is 67.1 Å². The maximum Gasteiger partial charge on any atom is 0.426 e. The van der Waals surface area contributed by atoms with Crippen LogP contribution in [-0.4, -0.2) is 71.1 Å². The first-order valence-corrected chi connectivity index (χ1v) is 15.1. The summed E-state index contributed by atoms with van der Waals surface area (Å²) < 4.78 is 162. The Morgan fingerprint density at radius 1 is 0.820 bits per heavy atom. The van der Waals surface area contributed by atoms with Gasteiger partial charge in [0.2, 0.25) is 0 Å². The van der Waals surface area contributed by atoms with Crippen LogP contribution in [0, 0.1) is 35.5 Å². The van der Waals surface area contributed by atoms with Gasteiger partial charge < -0.3 is 19.3 Å². The number of hydrogen-bond acceptors (Lipinski definition) is 7. The minimum atomic E-state index is -5.70. The van der Waals surface area contributed by atoms with Gasteiger partial charge in [0.25, 0.3) is 5.60 Å². The summed E-state index contributed by atoms with van der Waals surface area (Å²) in [6.45, 7) is 9.75. The molecule has 0 aromatic rings. The smallest absolute Gasteiger partial charge is 0.426 e. The molecule has 50 heavy (non-hydrogen) atoms. The van der Waals surface area contributed by atoms with Crippen LogP contribution in [0.4, 0.5) is 52.7 Å². The molecule has 8 atom stereocenters. The minimum Gasteiger partial charge on any atom is -0.458 e. The molecule has 0 amide bonds. The number of alkyl halides is 12. The molecule has 1 heterocycles. The third-order valence-corrected chi connectivity index (χ3v) is 9.14. The van der Waals surface area contributed by atoms with Crippen molar-refractivity contribution in [3.05, 3.63) is 36.5 Å². The van der Waals surface area contributed by atoms with Crippen molar-refractivity contribution >= 4 is 17.9 Å². The third kappa shape index (κ3) is 8.96. The predicted molar refractivity (Wildman–Crippen MR) is 146 cm³/mol. The second-order valence-electron chi connectivity index (χ2n) is 13.8. The fraction of sp³-hybridized carbons (Fsp3) is 0.710. The van der Waals surface area contributed by atoms with Crippen LogP contribution in [0.25, 0.3) is 0 Å². The molecule has 4 bridgehead atoms. The summed E-state index contributed by atoms with van der Waals surface area (Å²) >= 11 is 0. The average molecular weight is 747 g/mol. The van der Waals surface area contributed by atoms with E-state index < -0.39 is 83.5 Å². The van der Waals surface area contributed by atoms with Crippen molar-refractivity contribution in [2.24, 2.45) is 35.5 Å². The van der Waals surface area contributed by atoms with Crippen LogP contribution in [0.15, 0.2) is 36.5 Å². The first-order valence-electron chi connectivity index (χ1n) is 15.1. The lowest BCUT2D eigenvalue weighted by Gasteiger charge is -2.35. The van der Waals surface area contributed by atoms with Gasteiger partial charge in [0.1, 0.15) is 29.0 Å². The van der Waals surface area contributed by atoms with Crippen LogP contribution in [0.1, 0.15) is 52.9 Å². The van der Waals surface area contributed by atoms with Crippen LogP contribution < -0.4 is 0 Å². The second-order valence-corrected chi connectivity index (χ2v) is 13.8. The molecular formula is C31H34F12O7. The van der Waals surface area contributed by atoms with E-state index in [-0.39, 0.29) is 42.0 Å². The molecule has 4 fully saturated rings. The number of rotatable bonds is 5. The number of aliphatic hydroxyl groups is 1. The SMILES string of the molecule is C=C(C(=O)OC(C)(C)C)C(F)(F)F.C=C(C(=O)OC1C2CC3C(=O)OC1C3C2)C(F)(F)F.OC(CC1CC2C=CC1C2)(C(F)(F)F)C(F)(F)F. The highest BCUT2D eigenvalue weighted by molar-refractivity contribution is 5.90. The standard InChI is InChI=1S/C12H11F3O4.C11H12F6O.C8H11F3O2/c1-4(12(13,14)15)10(16)18-8-5-2-6-7(3-5)11(17)19-9(6)8;12-10(13,14)9(18,11(15,16)17)5-8-4-6-1-2-7(8)3-6;1-5(8(9,10)11)6(12)13-7(2,3)4/h5-9H,1-3H2;1-2,6-8,18H,3-5H2;1H2,2-4H3. The normalized spacial score (nSPS) is 29.8. The van der Waals surface area contributed by atoms with Gasteiger partial charge in [-0.25, -0.2) is 9.59 Å². The van der Waals surface area contributed by atoms with Gasteiger partial charge in [-0.05, 0) is 70.6 Å². The van der Waals surface area contributed by atoms with Crippen molar-refractivity contribution in [3.8, 4) is 0 Å². The van der Waals surface area contributed by atoms with Gasteiger partial charge in [0, 0.05) is 11.8 Å². The number of hydrogen-bond donors (Lipinski definition) is 1. The number of allylic oxidation sites excluding steroid dienone is 2. The summed E-state index contributed by atoms with van der Waals surface area (Å²) in [4.78, 5) is 33.6. The average Bonchev–Trinajstić information content (AvgIpc) is 3.74. The van der Waals surface area contributed by atoms with Crippen molar-refractivity contribution in [2.75, 3.05) is 0 Å². The largest absolute Gasteiger partial charge is 0.458 e. The van der Waals surface area contributed by atoms with E-state index in [4.69, 9.17) is 14.6 Å². The fourth-order valence-corrected chi connectivity index (χ4v) is 6.73. The first-order chi connectivity index (χ1) is 22.4. The zero-order valence-electron chi connectivity index (χ0n) is 26.7. The summed E-state index contributed by atoms with van der Waals surface area (Å²) in [7, 11) is 0. The van der Waals surface area contributed by atoms with Crippen LogP contribution >= 0.6 is 0 Å². The Hall–Kier alpha value is -3.25. The maximum absolute atomic E-state index is 12.5. The fourth-order valence-electron chi connectivity index (χ4n) is 6.73. The molecule has 284 valence electrons. The molecule has 5 rings (SSSR count). The van der Waals surface area contributed by atoms with E-state index in [1.165, 1.54) is 20.8 Å². The Kier molecular flexibility index (Phi) is 11.3. The van der Waals surface area contributed by atoms with Gasteiger partial charge in [-0.3, -0.25) is 4.79 Å². The Bertz CT molecular complexity index is 1360. The maximum atomic E-state index is 12.5.